The number of aryl methyl sites for hydroxylation is 1. The van der Waals surface area contributed by atoms with Crippen molar-refractivity contribution >= 4 is 5.97 Å². The average Bonchev–Trinajstić information content (AvgIpc) is 3.00. The van der Waals surface area contributed by atoms with Crippen LogP contribution in [0.25, 0.3) is 0 Å². The summed E-state index contributed by atoms with van der Waals surface area (Å²) in [5, 5.41) is 4.16. The fourth-order valence-corrected chi connectivity index (χ4v) is 2.16. The van der Waals surface area contributed by atoms with Gasteiger partial charge in [0.2, 0.25) is 0 Å². The summed E-state index contributed by atoms with van der Waals surface area (Å²) in [6.45, 7) is 3.91. The van der Waals surface area contributed by atoms with E-state index < -0.39 is 0 Å². The molecule has 0 radical (unpaired) electrons. The Bertz CT molecular complexity index is 383. The molecule has 1 aromatic rings. The van der Waals surface area contributed by atoms with Gasteiger partial charge in [-0.15, -0.1) is 0 Å². The summed E-state index contributed by atoms with van der Waals surface area (Å²) in [6, 6.07) is 0. The maximum absolute atomic E-state index is 11.4. The van der Waals surface area contributed by atoms with Gasteiger partial charge in [0.1, 0.15) is 0 Å². The van der Waals surface area contributed by atoms with Gasteiger partial charge in [0.25, 0.3) is 0 Å². The van der Waals surface area contributed by atoms with Crippen molar-refractivity contribution in [1.29, 1.82) is 0 Å². The lowest BCUT2D eigenvalue weighted by atomic mass is 10.1. The second-order valence-electron chi connectivity index (χ2n) is 4.49. The molecule has 0 saturated carbocycles. The van der Waals surface area contributed by atoms with Crippen LogP contribution < -0.4 is 0 Å². The monoisotopic (exact) mass is 252 g/mol. The van der Waals surface area contributed by atoms with E-state index in [-0.39, 0.29) is 5.97 Å². The lowest BCUT2D eigenvalue weighted by Crippen LogP contribution is -2.07. The van der Waals surface area contributed by atoms with Gasteiger partial charge in [0.05, 0.1) is 24.5 Å². The van der Waals surface area contributed by atoms with Crippen LogP contribution in [0.15, 0.2) is 12.4 Å². The molecule has 5 heteroatoms. The molecule has 100 valence electrons. The third-order valence-corrected chi connectivity index (χ3v) is 3.08. The molecule has 1 saturated heterocycles. The molecule has 0 aliphatic carbocycles. The quantitative estimate of drug-likeness (QED) is 0.727. The number of rotatable bonds is 6. The van der Waals surface area contributed by atoms with Gasteiger partial charge in [-0.25, -0.2) is 4.79 Å². The van der Waals surface area contributed by atoms with Gasteiger partial charge in [0.15, 0.2) is 0 Å². The lowest BCUT2D eigenvalue weighted by molar-refractivity contribution is 0.0526. The standard InChI is InChI=1S/C13H20N2O3/c1-2-17-13(16)11-9-14-15(10-11)7-3-5-12-6-4-8-18-12/h9-10,12H,2-8H2,1H3. The highest BCUT2D eigenvalue weighted by Gasteiger charge is 2.15. The Hall–Kier alpha value is -1.36. The maximum atomic E-state index is 11.4. The van der Waals surface area contributed by atoms with Crippen molar-refractivity contribution in [2.24, 2.45) is 0 Å². The van der Waals surface area contributed by atoms with Gasteiger partial charge >= 0.3 is 5.97 Å². The number of nitrogens with zero attached hydrogens (tertiary/aromatic N) is 2. The minimum atomic E-state index is -0.303. The van der Waals surface area contributed by atoms with Crippen LogP contribution in [0.1, 0.15) is 43.0 Å². The first-order valence-electron chi connectivity index (χ1n) is 6.60. The topological polar surface area (TPSA) is 53.3 Å². The van der Waals surface area contributed by atoms with Crippen molar-refractivity contribution in [3.8, 4) is 0 Å². The Morgan fingerprint density at radius 1 is 1.67 bits per heavy atom. The minimum Gasteiger partial charge on any atom is -0.462 e. The highest BCUT2D eigenvalue weighted by Crippen LogP contribution is 2.17. The zero-order valence-electron chi connectivity index (χ0n) is 10.8. The second-order valence-corrected chi connectivity index (χ2v) is 4.49. The molecule has 5 nitrogen and oxygen atoms in total. The van der Waals surface area contributed by atoms with E-state index in [1.165, 1.54) is 12.8 Å². The predicted molar refractivity (Wildman–Crippen MR) is 66.4 cm³/mol. The number of esters is 1. The summed E-state index contributed by atoms with van der Waals surface area (Å²) in [6.07, 6.45) is 8.16. The maximum Gasteiger partial charge on any atom is 0.341 e. The molecule has 0 spiro atoms. The molecule has 2 heterocycles. The van der Waals surface area contributed by atoms with Gasteiger partial charge in [-0.2, -0.15) is 5.10 Å². The summed E-state index contributed by atoms with van der Waals surface area (Å²) >= 11 is 0. The van der Waals surface area contributed by atoms with E-state index >= 15 is 0 Å². The van der Waals surface area contributed by atoms with Crippen LogP contribution in [0.5, 0.6) is 0 Å². The lowest BCUT2D eigenvalue weighted by Gasteiger charge is -2.08. The summed E-state index contributed by atoms with van der Waals surface area (Å²) < 4.78 is 12.3. The van der Waals surface area contributed by atoms with E-state index in [4.69, 9.17) is 9.47 Å². The van der Waals surface area contributed by atoms with Crippen LogP contribution in [-0.4, -0.2) is 35.1 Å². The molecule has 1 aliphatic rings. The molecular formula is C13H20N2O3. The Kier molecular flexibility index (Phi) is 4.75. The fraction of sp³-hybridized carbons (Fsp3) is 0.692. The molecule has 1 fully saturated rings. The molecule has 0 N–H and O–H groups in total. The Morgan fingerprint density at radius 3 is 3.28 bits per heavy atom. The van der Waals surface area contributed by atoms with E-state index in [0.717, 1.165) is 26.0 Å². The third-order valence-electron chi connectivity index (χ3n) is 3.08. The molecule has 1 unspecified atom stereocenters. The van der Waals surface area contributed by atoms with Crippen molar-refractivity contribution in [2.75, 3.05) is 13.2 Å². The second kappa shape index (κ2) is 6.54. The summed E-state index contributed by atoms with van der Waals surface area (Å²) in [5.41, 5.74) is 0.522. The number of hydrogen-bond donors (Lipinski definition) is 0. The van der Waals surface area contributed by atoms with Crippen molar-refractivity contribution in [1.82, 2.24) is 9.78 Å². The normalized spacial score (nSPS) is 19.1. The van der Waals surface area contributed by atoms with Gasteiger partial charge in [-0.05, 0) is 32.6 Å². The zero-order valence-corrected chi connectivity index (χ0v) is 10.8. The number of hydrogen-bond acceptors (Lipinski definition) is 4. The van der Waals surface area contributed by atoms with Crippen molar-refractivity contribution in [3.05, 3.63) is 18.0 Å². The smallest absolute Gasteiger partial charge is 0.341 e. The van der Waals surface area contributed by atoms with Crippen molar-refractivity contribution in [3.63, 3.8) is 0 Å². The van der Waals surface area contributed by atoms with Crippen LogP contribution in [0.3, 0.4) is 0 Å². The highest BCUT2D eigenvalue weighted by atomic mass is 16.5. The van der Waals surface area contributed by atoms with Crippen LogP contribution >= 0.6 is 0 Å². The first-order valence-corrected chi connectivity index (χ1v) is 6.60. The molecule has 0 aromatic carbocycles. The largest absolute Gasteiger partial charge is 0.462 e. The first kappa shape index (κ1) is 13.1. The van der Waals surface area contributed by atoms with E-state index in [9.17, 15) is 4.79 Å². The third kappa shape index (κ3) is 3.57. The molecule has 2 rings (SSSR count). The summed E-state index contributed by atoms with van der Waals surface area (Å²) in [7, 11) is 0. The van der Waals surface area contributed by atoms with E-state index in [0.29, 0.717) is 18.3 Å². The van der Waals surface area contributed by atoms with Gasteiger partial charge in [-0.3, -0.25) is 4.68 Å². The van der Waals surface area contributed by atoms with Crippen LogP contribution in [0, 0.1) is 0 Å². The molecule has 1 aromatic heterocycles. The van der Waals surface area contributed by atoms with Gasteiger partial charge < -0.3 is 9.47 Å². The number of carbonyl (C=O) groups excluding carboxylic acids is 1. The molecule has 1 atom stereocenters. The number of aromatic nitrogens is 2. The Labute approximate surface area is 107 Å². The van der Waals surface area contributed by atoms with E-state index in [1.807, 2.05) is 0 Å². The molecule has 0 amide bonds. The fourth-order valence-electron chi connectivity index (χ4n) is 2.16. The Balaban J connectivity index is 1.74. The highest BCUT2D eigenvalue weighted by molar-refractivity contribution is 5.88. The molecule has 18 heavy (non-hydrogen) atoms. The molecular weight excluding hydrogens is 232 g/mol. The number of carbonyl (C=O) groups is 1. The summed E-state index contributed by atoms with van der Waals surface area (Å²) in [4.78, 5) is 11.4. The van der Waals surface area contributed by atoms with Crippen LogP contribution in [0.2, 0.25) is 0 Å². The van der Waals surface area contributed by atoms with Crippen LogP contribution in [0.4, 0.5) is 0 Å². The minimum absolute atomic E-state index is 0.303. The number of ether oxygens (including phenoxy) is 2. The van der Waals surface area contributed by atoms with Gasteiger partial charge in [0, 0.05) is 19.3 Å². The van der Waals surface area contributed by atoms with Crippen molar-refractivity contribution < 1.29 is 14.3 Å². The average molecular weight is 252 g/mol. The van der Waals surface area contributed by atoms with Crippen LogP contribution in [-0.2, 0) is 16.0 Å². The van der Waals surface area contributed by atoms with E-state index in [1.54, 1.807) is 24.0 Å². The molecule has 1 aliphatic heterocycles. The Morgan fingerprint density at radius 2 is 2.56 bits per heavy atom. The first-order chi connectivity index (χ1) is 8.79. The molecule has 0 bridgehead atoms. The van der Waals surface area contributed by atoms with Gasteiger partial charge in [-0.1, -0.05) is 0 Å². The summed E-state index contributed by atoms with van der Waals surface area (Å²) in [5.74, 6) is -0.303. The zero-order chi connectivity index (χ0) is 12.8. The SMILES string of the molecule is CCOC(=O)c1cnn(CCCC2CCCO2)c1. The van der Waals surface area contributed by atoms with E-state index in [2.05, 4.69) is 5.10 Å². The predicted octanol–water partition coefficient (Wildman–Crippen LogP) is 2.02. The van der Waals surface area contributed by atoms with Crippen molar-refractivity contribution in [2.45, 2.75) is 45.3 Å².